The summed E-state index contributed by atoms with van der Waals surface area (Å²) in [6.45, 7) is 2.61. The number of fused-ring (bicyclic) bond motifs is 4. The average molecular weight is 528 g/mol. The van der Waals surface area contributed by atoms with Gasteiger partial charge in [-0.15, -0.1) is 0 Å². The summed E-state index contributed by atoms with van der Waals surface area (Å²) in [7, 11) is 3.04. The van der Waals surface area contributed by atoms with E-state index < -0.39 is 22.3 Å². The maximum atomic E-state index is 14.7. The van der Waals surface area contributed by atoms with Gasteiger partial charge >= 0.3 is 0 Å². The molecule has 4 atom stereocenters. The molecule has 0 aromatic heterocycles. The number of Topliss-reactive ketones (excluding diaryl/α,β-unsaturated/α-hetero) is 1. The molecule has 1 amide bonds. The number of anilines is 1. The zero-order chi connectivity index (χ0) is 27.5. The van der Waals surface area contributed by atoms with E-state index in [0.717, 1.165) is 24.0 Å². The van der Waals surface area contributed by atoms with Gasteiger partial charge in [0.2, 0.25) is 5.91 Å². The van der Waals surface area contributed by atoms with E-state index >= 15 is 0 Å². The molecule has 1 spiro atoms. The standard InChI is InChI=1S/C30H29N3O6/c1-17-9-11-22-21(14-17)30(29(35)31-22)27(28(34)19-10-12-24(38-2)25(16-19)39-3)26(23-8-5-13-32(23)30)18-6-4-7-20(15-18)33(36)37/h4,6-7,9-12,14-16,23,26-27H,5,8,13H2,1-3H3,(H,31,35)/t23?,26?,27?,30-/m1/s1. The molecule has 3 aliphatic rings. The van der Waals surface area contributed by atoms with Crippen LogP contribution in [0.2, 0.25) is 0 Å². The van der Waals surface area contributed by atoms with E-state index in [1.165, 1.54) is 20.3 Å². The van der Waals surface area contributed by atoms with Crippen LogP contribution in [0.1, 0.15) is 45.8 Å². The number of ether oxygens (including phenoxy) is 2. The number of aryl methyl sites for hydroxylation is 1. The first-order valence-corrected chi connectivity index (χ1v) is 13.0. The summed E-state index contributed by atoms with van der Waals surface area (Å²) in [4.78, 5) is 42.3. The number of methoxy groups -OCH3 is 2. The van der Waals surface area contributed by atoms with Crippen molar-refractivity contribution < 1.29 is 24.0 Å². The van der Waals surface area contributed by atoms with Crippen molar-refractivity contribution in [3.63, 3.8) is 0 Å². The number of nitro benzene ring substituents is 1. The van der Waals surface area contributed by atoms with Gasteiger partial charge in [-0.2, -0.15) is 0 Å². The van der Waals surface area contributed by atoms with E-state index in [1.807, 2.05) is 31.2 Å². The van der Waals surface area contributed by atoms with Crippen molar-refractivity contribution in [1.82, 2.24) is 4.90 Å². The Hall–Kier alpha value is -4.24. The van der Waals surface area contributed by atoms with Gasteiger partial charge < -0.3 is 14.8 Å². The van der Waals surface area contributed by atoms with Crippen LogP contribution >= 0.6 is 0 Å². The molecule has 200 valence electrons. The molecule has 0 bridgehead atoms. The minimum absolute atomic E-state index is 0.0394. The lowest BCUT2D eigenvalue weighted by molar-refractivity contribution is -0.384. The molecule has 9 nitrogen and oxygen atoms in total. The summed E-state index contributed by atoms with van der Waals surface area (Å²) < 4.78 is 10.9. The molecule has 9 heteroatoms. The summed E-state index contributed by atoms with van der Waals surface area (Å²) in [5.74, 6) is -0.815. The van der Waals surface area contributed by atoms with Crippen LogP contribution in [0.5, 0.6) is 11.5 Å². The monoisotopic (exact) mass is 527 g/mol. The summed E-state index contributed by atoms with van der Waals surface area (Å²) in [5.41, 5.74) is 2.25. The van der Waals surface area contributed by atoms with Crippen molar-refractivity contribution in [2.45, 2.75) is 37.3 Å². The van der Waals surface area contributed by atoms with Crippen molar-refractivity contribution in [1.29, 1.82) is 0 Å². The van der Waals surface area contributed by atoms with Crippen LogP contribution in [0.15, 0.2) is 60.7 Å². The molecule has 6 rings (SSSR count). The number of nitrogens with zero attached hydrogens (tertiary/aromatic N) is 2. The Morgan fingerprint density at radius 3 is 2.62 bits per heavy atom. The van der Waals surface area contributed by atoms with Gasteiger partial charge in [0.05, 0.1) is 25.1 Å². The molecular formula is C30H29N3O6. The number of carbonyl (C=O) groups is 2. The van der Waals surface area contributed by atoms with Gasteiger partial charge in [0.15, 0.2) is 17.3 Å². The van der Waals surface area contributed by atoms with Crippen LogP contribution in [0.4, 0.5) is 11.4 Å². The Labute approximate surface area is 225 Å². The molecule has 3 aromatic carbocycles. The van der Waals surface area contributed by atoms with Crippen LogP contribution in [0.3, 0.4) is 0 Å². The lowest BCUT2D eigenvalue weighted by Gasteiger charge is -2.37. The molecule has 3 unspecified atom stereocenters. The van der Waals surface area contributed by atoms with Crippen LogP contribution < -0.4 is 14.8 Å². The fourth-order valence-corrected chi connectivity index (χ4v) is 7.06. The van der Waals surface area contributed by atoms with E-state index in [0.29, 0.717) is 34.9 Å². The van der Waals surface area contributed by atoms with Crippen LogP contribution in [0.25, 0.3) is 0 Å². The van der Waals surface area contributed by atoms with E-state index in [9.17, 15) is 19.7 Å². The molecule has 3 aliphatic heterocycles. The number of amides is 1. The first kappa shape index (κ1) is 25.1. The molecule has 0 saturated carbocycles. The minimum Gasteiger partial charge on any atom is -0.493 e. The van der Waals surface area contributed by atoms with Crippen molar-refractivity contribution in [3.8, 4) is 11.5 Å². The topological polar surface area (TPSA) is 111 Å². The molecule has 0 radical (unpaired) electrons. The normalized spacial score (nSPS) is 25.3. The van der Waals surface area contributed by atoms with E-state index in [2.05, 4.69) is 10.2 Å². The van der Waals surface area contributed by atoms with E-state index in [4.69, 9.17) is 9.47 Å². The highest BCUT2D eigenvalue weighted by Crippen LogP contribution is 2.61. The quantitative estimate of drug-likeness (QED) is 0.278. The first-order chi connectivity index (χ1) is 18.8. The number of nitrogens with one attached hydrogen (secondary N) is 1. The number of ketones is 1. The average Bonchev–Trinajstić information content (AvgIpc) is 3.61. The van der Waals surface area contributed by atoms with Crippen molar-refractivity contribution in [3.05, 3.63) is 93.0 Å². The number of hydrogen-bond donors (Lipinski definition) is 1. The van der Waals surface area contributed by atoms with Gasteiger partial charge in [0.25, 0.3) is 5.69 Å². The Kier molecular flexibility index (Phi) is 5.91. The number of nitro groups is 1. The van der Waals surface area contributed by atoms with Crippen molar-refractivity contribution >= 4 is 23.1 Å². The number of carbonyl (C=O) groups excluding carboxylic acids is 2. The smallest absolute Gasteiger partial charge is 0.269 e. The number of hydrogen-bond acceptors (Lipinski definition) is 7. The molecular weight excluding hydrogens is 498 g/mol. The van der Waals surface area contributed by atoms with Gasteiger partial charge in [-0.05, 0) is 56.1 Å². The largest absolute Gasteiger partial charge is 0.493 e. The van der Waals surface area contributed by atoms with Gasteiger partial charge in [-0.3, -0.25) is 24.6 Å². The zero-order valence-corrected chi connectivity index (χ0v) is 22.0. The highest BCUT2D eigenvalue weighted by atomic mass is 16.6. The fraction of sp³-hybridized carbons (Fsp3) is 0.333. The third-order valence-corrected chi connectivity index (χ3v) is 8.57. The van der Waals surface area contributed by atoms with Crippen LogP contribution in [-0.2, 0) is 10.3 Å². The molecule has 0 aliphatic carbocycles. The molecule has 2 saturated heterocycles. The van der Waals surface area contributed by atoms with Gasteiger partial charge in [-0.1, -0.05) is 29.8 Å². The second-order valence-corrected chi connectivity index (χ2v) is 10.5. The first-order valence-electron chi connectivity index (χ1n) is 13.0. The molecule has 39 heavy (non-hydrogen) atoms. The zero-order valence-electron chi connectivity index (χ0n) is 22.0. The maximum Gasteiger partial charge on any atom is 0.269 e. The Bertz CT molecular complexity index is 1520. The second kappa shape index (κ2) is 9.20. The Balaban J connectivity index is 1.61. The summed E-state index contributed by atoms with van der Waals surface area (Å²) in [5, 5.41) is 14.8. The van der Waals surface area contributed by atoms with Gasteiger partial charge in [0.1, 0.15) is 5.54 Å². The lowest BCUT2D eigenvalue weighted by Crippen LogP contribution is -2.52. The van der Waals surface area contributed by atoms with E-state index in [-0.39, 0.29) is 23.4 Å². The SMILES string of the molecule is COc1ccc(C(=O)C2C(c3cccc([N+](=O)[O-])c3)C3CCCN3[C@@]23C(=O)Nc2ccc(C)cc23)cc1OC. The number of benzene rings is 3. The molecule has 3 aromatic rings. The third kappa shape index (κ3) is 3.56. The Morgan fingerprint density at radius 1 is 1.08 bits per heavy atom. The third-order valence-electron chi connectivity index (χ3n) is 8.57. The second-order valence-electron chi connectivity index (χ2n) is 10.5. The minimum atomic E-state index is -1.25. The van der Waals surface area contributed by atoms with Crippen molar-refractivity contribution in [2.24, 2.45) is 5.92 Å². The lowest BCUT2D eigenvalue weighted by atomic mass is 9.68. The highest BCUT2D eigenvalue weighted by Gasteiger charge is 2.69. The highest BCUT2D eigenvalue weighted by molar-refractivity contribution is 6.12. The summed E-state index contributed by atoms with van der Waals surface area (Å²) in [6.07, 6.45) is 1.64. The maximum absolute atomic E-state index is 14.7. The summed E-state index contributed by atoms with van der Waals surface area (Å²) >= 11 is 0. The van der Waals surface area contributed by atoms with Crippen molar-refractivity contribution in [2.75, 3.05) is 26.1 Å². The van der Waals surface area contributed by atoms with Gasteiger partial charge in [-0.25, -0.2) is 0 Å². The molecule has 3 heterocycles. The van der Waals surface area contributed by atoms with E-state index in [1.54, 1.807) is 30.3 Å². The predicted molar refractivity (Wildman–Crippen MR) is 144 cm³/mol. The summed E-state index contributed by atoms with van der Waals surface area (Å²) in [6, 6.07) is 17.2. The predicted octanol–water partition coefficient (Wildman–Crippen LogP) is 4.83. The number of rotatable bonds is 6. The van der Waals surface area contributed by atoms with Crippen LogP contribution in [-0.4, -0.2) is 48.3 Å². The molecule has 2 fully saturated rings. The fourth-order valence-electron chi connectivity index (χ4n) is 7.06. The number of non-ortho nitro benzene ring substituents is 1. The van der Waals surface area contributed by atoms with Gasteiger partial charge in [0, 0.05) is 40.9 Å². The molecule has 1 N–H and O–H groups in total. The van der Waals surface area contributed by atoms with Crippen LogP contribution in [0, 0.1) is 23.0 Å². The Morgan fingerprint density at radius 2 is 1.87 bits per heavy atom.